The van der Waals surface area contributed by atoms with Gasteiger partial charge in [-0.05, 0) is 50.8 Å². The molecular formula is C17H17BrN2O3. The Kier molecular flexibility index (Phi) is 3.17. The van der Waals surface area contributed by atoms with Gasteiger partial charge in [0.25, 0.3) is 11.8 Å². The molecule has 5 nitrogen and oxygen atoms in total. The molecule has 1 aliphatic carbocycles. The summed E-state index contributed by atoms with van der Waals surface area (Å²) < 4.78 is 0.745. The average Bonchev–Trinajstić information content (AvgIpc) is 2.67. The maximum absolute atomic E-state index is 12.8. The maximum atomic E-state index is 12.8. The Balaban J connectivity index is 1.60. The number of carbonyl (C=O) groups is 3. The van der Waals surface area contributed by atoms with Crippen molar-refractivity contribution in [3.63, 3.8) is 0 Å². The van der Waals surface area contributed by atoms with Crippen LogP contribution in [0.25, 0.3) is 0 Å². The third kappa shape index (κ3) is 1.94. The Bertz CT molecular complexity index is 736. The van der Waals surface area contributed by atoms with Crippen molar-refractivity contribution in [3.8, 4) is 0 Å². The third-order valence-electron chi connectivity index (χ3n) is 5.55. The van der Waals surface area contributed by atoms with Gasteiger partial charge in [-0.1, -0.05) is 15.9 Å². The molecule has 0 aromatic heterocycles. The van der Waals surface area contributed by atoms with Gasteiger partial charge in [0, 0.05) is 16.6 Å². The molecule has 2 aliphatic heterocycles. The van der Waals surface area contributed by atoms with Gasteiger partial charge in [-0.25, -0.2) is 0 Å². The van der Waals surface area contributed by atoms with Gasteiger partial charge in [-0.2, -0.15) is 0 Å². The Morgan fingerprint density at radius 2 is 1.87 bits per heavy atom. The number of halogens is 1. The number of carbonyl (C=O) groups excluding carboxylic acids is 3. The molecule has 1 aromatic rings. The fourth-order valence-electron chi connectivity index (χ4n) is 3.91. The van der Waals surface area contributed by atoms with Crippen LogP contribution in [0.5, 0.6) is 0 Å². The molecule has 0 bridgehead atoms. The topological polar surface area (TPSA) is 57.7 Å². The minimum atomic E-state index is -0.751. The van der Waals surface area contributed by atoms with Crippen molar-refractivity contribution in [3.05, 3.63) is 33.8 Å². The van der Waals surface area contributed by atoms with Crippen LogP contribution < -0.4 is 0 Å². The smallest absolute Gasteiger partial charge is 0.262 e. The second kappa shape index (κ2) is 4.90. The summed E-state index contributed by atoms with van der Waals surface area (Å²) in [4.78, 5) is 40.9. The molecule has 1 saturated carbocycles. The summed E-state index contributed by atoms with van der Waals surface area (Å²) in [6.07, 6.45) is 4.28. The van der Waals surface area contributed by atoms with Gasteiger partial charge in [0.15, 0.2) is 0 Å². The first-order chi connectivity index (χ1) is 10.9. The SMILES string of the molecule is CC(C(=O)N1CCC12CCC2)N1C(=O)c2ccc(Br)cc2C1=O. The van der Waals surface area contributed by atoms with Crippen LogP contribution in [0.2, 0.25) is 0 Å². The van der Waals surface area contributed by atoms with Crippen LogP contribution in [0.4, 0.5) is 0 Å². The Hall–Kier alpha value is -1.69. The first kappa shape index (κ1) is 14.9. The summed E-state index contributed by atoms with van der Waals surface area (Å²) in [5.41, 5.74) is 0.762. The predicted octanol–water partition coefficient (Wildman–Crippen LogP) is 2.59. The van der Waals surface area contributed by atoms with Gasteiger partial charge in [0.05, 0.1) is 11.1 Å². The molecule has 2 fully saturated rings. The fraction of sp³-hybridized carbons (Fsp3) is 0.471. The van der Waals surface area contributed by atoms with Gasteiger partial charge in [-0.3, -0.25) is 19.3 Å². The lowest BCUT2D eigenvalue weighted by Gasteiger charge is -2.59. The van der Waals surface area contributed by atoms with Crippen molar-refractivity contribution in [1.82, 2.24) is 9.80 Å². The molecule has 6 heteroatoms. The van der Waals surface area contributed by atoms with Gasteiger partial charge < -0.3 is 4.90 Å². The molecule has 23 heavy (non-hydrogen) atoms. The van der Waals surface area contributed by atoms with E-state index in [0.29, 0.717) is 11.1 Å². The lowest BCUT2D eigenvalue weighted by molar-refractivity contribution is -0.159. The second-order valence-corrected chi connectivity index (χ2v) is 7.58. The van der Waals surface area contributed by atoms with Gasteiger partial charge >= 0.3 is 0 Å². The van der Waals surface area contributed by atoms with Crippen molar-refractivity contribution in [1.29, 1.82) is 0 Å². The van der Waals surface area contributed by atoms with Crippen molar-refractivity contribution in [2.24, 2.45) is 0 Å². The molecule has 0 N–H and O–H groups in total. The van der Waals surface area contributed by atoms with Crippen LogP contribution in [-0.4, -0.2) is 45.6 Å². The van der Waals surface area contributed by atoms with Crippen molar-refractivity contribution in [2.45, 2.75) is 44.2 Å². The van der Waals surface area contributed by atoms with E-state index in [1.807, 2.05) is 4.90 Å². The summed E-state index contributed by atoms with van der Waals surface area (Å²) in [6, 6.07) is 4.26. The molecule has 2 heterocycles. The number of hydrogen-bond acceptors (Lipinski definition) is 3. The first-order valence-corrected chi connectivity index (χ1v) is 8.73. The molecule has 4 rings (SSSR count). The highest BCUT2D eigenvalue weighted by Crippen LogP contribution is 2.47. The van der Waals surface area contributed by atoms with E-state index in [4.69, 9.17) is 0 Å². The number of rotatable bonds is 2. The Labute approximate surface area is 142 Å². The zero-order chi connectivity index (χ0) is 16.4. The lowest BCUT2D eigenvalue weighted by Crippen LogP contribution is -2.68. The van der Waals surface area contributed by atoms with E-state index in [2.05, 4.69) is 15.9 Å². The standard InChI is InChI=1S/C17H17BrN2O3/c1-10(14(21)19-8-7-17(19)5-2-6-17)20-15(22)12-4-3-11(18)9-13(12)16(20)23/h3-4,9-10H,2,5-8H2,1H3. The molecule has 3 amide bonds. The molecule has 1 unspecified atom stereocenters. The van der Waals surface area contributed by atoms with E-state index in [9.17, 15) is 14.4 Å². The molecular weight excluding hydrogens is 360 g/mol. The number of hydrogen-bond donors (Lipinski definition) is 0. The van der Waals surface area contributed by atoms with Crippen LogP contribution in [0.3, 0.4) is 0 Å². The van der Waals surface area contributed by atoms with E-state index in [1.54, 1.807) is 25.1 Å². The van der Waals surface area contributed by atoms with E-state index in [-0.39, 0.29) is 23.3 Å². The molecule has 1 spiro atoms. The fourth-order valence-corrected chi connectivity index (χ4v) is 4.27. The summed E-state index contributed by atoms with van der Waals surface area (Å²) in [5, 5.41) is 0. The number of imide groups is 1. The minimum Gasteiger partial charge on any atom is -0.335 e. The van der Waals surface area contributed by atoms with Crippen LogP contribution in [0, 0.1) is 0 Å². The predicted molar refractivity (Wildman–Crippen MR) is 87.0 cm³/mol. The second-order valence-electron chi connectivity index (χ2n) is 6.66. The third-order valence-corrected chi connectivity index (χ3v) is 6.04. The Morgan fingerprint density at radius 3 is 2.43 bits per heavy atom. The molecule has 0 radical (unpaired) electrons. The number of likely N-dealkylation sites (tertiary alicyclic amines) is 1. The number of amides is 3. The van der Waals surface area contributed by atoms with Gasteiger partial charge in [0.2, 0.25) is 5.91 Å². The Morgan fingerprint density at radius 1 is 1.17 bits per heavy atom. The number of benzene rings is 1. The highest BCUT2D eigenvalue weighted by atomic mass is 79.9. The van der Waals surface area contributed by atoms with E-state index < -0.39 is 6.04 Å². The molecule has 120 valence electrons. The molecule has 1 saturated heterocycles. The van der Waals surface area contributed by atoms with E-state index >= 15 is 0 Å². The first-order valence-electron chi connectivity index (χ1n) is 7.93. The zero-order valence-corrected chi connectivity index (χ0v) is 14.4. The highest BCUT2D eigenvalue weighted by Gasteiger charge is 2.53. The van der Waals surface area contributed by atoms with Crippen LogP contribution in [0.15, 0.2) is 22.7 Å². The quantitative estimate of drug-likeness (QED) is 0.745. The van der Waals surface area contributed by atoms with Crippen LogP contribution in [-0.2, 0) is 4.79 Å². The lowest BCUT2D eigenvalue weighted by atomic mass is 9.67. The summed E-state index contributed by atoms with van der Waals surface area (Å²) in [7, 11) is 0. The van der Waals surface area contributed by atoms with Gasteiger partial charge in [0.1, 0.15) is 6.04 Å². The van der Waals surface area contributed by atoms with Gasteiger partial charge in [-0.15, -0.1) is 0 Å². The zero-order valence-electron chi connectivity index (χ0n) is 12.8. The van der Waals surface area contributed by atoms with Crippen LogP contribution in [0.1, 0.15) is 53.3 Å². The average molecular weight is 377 g/mol. The van der Waals surface area contributed by atoms with Crippen molar-refractivity contribution >= 4 is 33.7 Å². The highest BCUT2D eigenvalue weighted by molar-refractivity contribution is 9.10. The monoisotopic (exact) mass is 376 g/mol. The normalized spacial score (nSPS) is 22.7. The van der Waals surface area contributed by atoms with E-state index in [1.165, 1.54) is 0 Å². The number of nitrogens with zero attached hydrogens (tertiary/aromatic N) is 2. The van der Waals surface area contributed by atoms with E-state index in [0.717, 1.165) is 41.6 Å². The summed E-state index contributed by atoms with van der Waals surface area (Å²) >= 11 is 3.32. The maximum Gasteiger partial charge on any atom is 0.262 e. The van der Waals surface area contributed by atoms with Crippen molar-refractivity contribution < 1.29 is 14.4 Å². The van der Waals surface area contributed by atoms with Crippen molar-refractivity contribution in [2.75, 3.05) is 6.54 Å². The summed E-state index contributed by atoms with van der Waals surface area (Å²) in [6.45, 7) is 2.39. The minimum absolute atomic E-state index is 0.0209. The molecule has 1 atom stereocenters. The number of fused-ring (bicyclic) bond motifs is 1. The molecule has 3 aliphatic rings. The largest absolute Gasteiger partial charge is 0.335 e. The summed E-state index contributed by atoms with van der Waals surface area (Å²) in [5.74, 6) is -0.860. The van der Waals surface area contributed by atoms with Crippen LogP contribution >= 0.6 is 15.9 Å². The molecule has 1 aromatic carbocycles.